The van der Waals surface area contributed by atoms with E-state index < -0.39 is 0 Å². The van der Waals surface area contributed by atoms with Gasteiger partial charge in [0.2, 0.25) is 5.89 Å². The third-order valence-electron chi connectivity index (χ3n) is 2.91. The van der Waals surface area contributed by atoms with Gasteiger partial charge in [0.05, 0.1) is 0 Å². The van der Waals surface area contributed by atoms with E-state index in [0.29, 0.717) is 5.89 Å². The maximum absolute atomic E-state index is 5.40. The largest absolute Gasteiger partial charge is 0.408 e. The average molecular weight is 181 g/mol. The fraction of sp³-hybridized carbons (Fsp3) is 0.778. The van der Waals surface area contributed by atoms with Crippen molar-refractivity contribution in [1.29, 1.82) is 0 Å². The zero-order valence-corrected chi connectivity index (χ0v) is 7.92. The Morgan fingerprint density at radius 1 is 1.23 bits per heavy atom. The molecule has 72 valence electrons. The van der Waals surface area contributed by atoms with Crippen LogP contribution in [0.3, 0.4) is 0 Å². The molecule has 1 aliphatic carbocycles. The third-order valence-corrected chi connectivity index (χ3v) is 2.91. The van der Waals surface area contributed by atoms with Gasteiger partial charge in [-0.3, -0.25) is 0 Å². The Kier molecular flexibility index (Phi) is 1.98. The van der Waals surface area contributed by atoms with Crippen LogP contribution >= 0.6 is 0 Å². The van der Waals surface area contributed by atoms with Crippen molar-refractivity contribution >= 4 is 6.01 Å². The highest BCUT2D eigenvalue weighted by atomic mass is 16.4. The van der Waals surface area contributed by atoms with Gasteiger partial charge in [0, 0.05) is 5.41 Å². The molecule has 0 atom stereocenters. The molecule has 0 saturated heterocycles. The van der Waals surface area contributed by atoms with Crippen LogP contribution < -0.4 is 5.73 Å². The van der Waals surface area contributed by atoms with E-state index in [1.807, 2.05) is 0 Å². The van der Waals surface area contributed by atoms with Crippen LogP contribution in [0, 0.1) is 0 Å². The molecule has 0 aromatic carbocycles. The Hall–Kier alpha value is -1.06. The van der Waals surface area contributed by atoms with E-state index >= 15 is 0 Å². The SMILES string of the molecule is CC1(c2nnc(N)o2)CCCCC1. The number of anilines is 1. The molecule has 4 nitrogen and oxygen atoms in total. The van der Waals surface area contributed by atoms with Crippen molar-refractivity contribution in [3.63, 3.8) is 0 Å². The fourth-order valence-electron chi connectivity index (χ4n) is 2.02. The number of nitrogens with two attached hydrogens (primary N) is 1. The molecular weight excluding hydrogens is 166 g/mol. The lowest BCUT2D eigenvalue weighted by molar-refractivity contribution is 0.260. The van der Waals surface area contributed by atoms with Gasteiger partial charge in [-0.05, 0) is 12.8 Å². The molecule has 1 heterocycles. The number of aromatic nitrogens is 2. The van der Waals surface area contributed by atoms with E-state index in [1.165, 1.54) is 19.3 Å². The first-order valence-corrected chi connectivity index (χ1v) is 4.80. The van der Waals surface area contributed by atoms with Gasteiger partial charge < -0.3 is 10.2 Å². The first-order chi connectivity index (χ1) is 6.21. The lowest BCUT2D eigenvalue weighted by atomic mass is 9.76. The molecule has 13 heavy (non-hydrogen) atoms. The molecule has 2 rings (SSSR count). The molecule has 0 unspecified atom stereocenters. The summed E-state index contributed by atoms with van der Waals surface area (Å²) in [5.41, 5.74) is 5.48. The first-order valence-electron chi connectivity index (χ1n) is 4.80. The Morgan fingerprint density at radius 2 is 1.92 bits per heavy atom. The van der Waals surface area contributed by atoms with E-state index in [4.69, 9.17) is 10.2 Å². The molecule has 1 fully saturated rings. The molecule has 1 aromatic heterocycles. The molecular formula is C9H15N3O. The fourth-order valence-corrected chi connectivity index (χ4v) is 2.02. The van der Waals surface area contributed by atoms with Crippen molar-refractivity contribution in [2.45, 2.75) is 44.4 Å². The molecule has 0 radical (unpaired) electrons. The molecule has 4 heteroatoms. The quantitative estimate of drug-likeness (QED) is 0.718. The van der Waals surface area contributed by atoms with Crippen LogP contribution in [0.25, 0.3) is 0 Å². The van der Waals surface area contributed by atoms with Crippen molar-refractivity contribution in [3.05, 3.63) is 5.89 Å². The second-order valence-electron chi connectivity index (χ2n) is 4.07. The van der Waals surface area contributed by atoms with Crippen LogP contribution in [0.5, 0.6) is 0 Å². The Balaban J connectivity index is 2.22. The van der Waals surface area contributed by atoms with Gasteiger partial charge in [0.15, 0.2) is 0 Å². The van der Waals surface area contributed by atoms with Gasteiger partial charge in [0.1, 0.15) is 0 Å². The molecule has 2 N–H and O–H groups in total. The van der Waals surface area contributed by atoms with Gasteiger partial charge in [-0.1, -0.05) is 31.3 Å². The lowest BCUT2D eigenvalue weighted by Crippen LogP contribution is -2.25. The van der Waals surface area contributed by atoms with Crippen LogP contribution in [0.15, 0.2) is 4.42 Å². The number of nitrogen functional groups attached to an aromatic ring is 1. The summed E-state index contributed by atoms with van der Waals surface area (Å²) in [5, 5.41) is 7.67. The molecule has 0 amide bonds. The molecule has 0 bridgehead atoms. The topological polar surface area (TPSA) is 64.9 Å². The Bertz CT molecular complexity index is 289. The van der Waals surface area contributed by atoms with E-state index in [9.17, 15) is 0 Å². The van der Waals surface area contributed by atoms with E-state index in [2.05, 4.69) is 17.1 Å². The number of rotatable bonds is 1. The van der Waals surface area contributed by atoms with Crippen LogP contribution in [0.1, 0.15) is 44.9 Å². The number of hydrogen-bond donors (Lipinski definition) is 1. The minimum Gasteiger partial charge on any atom is -0.408 e. The minimum atomic E-state index is 0.0723. The highest BCUT2D eigenvalue weighted by molar-refractivity contribution is 5.11. The van der Waals surface area contributed by atoms with Crippen LogP contribution in [0.4, 0.5) is 6.01 Å². The summed E-state index contributed by atoms with van der Waals surface area (Å²) in [6.07, 6.45) is 6.08. The molecule has 1 saturated carbocycles. The highest BCUT2D eigenvalue weighted by Crippen LogP contribution is 2.38. The maximum atomic E-state index is 5.40. The first kappa shape index (κ1) is 8.53. The van der Waals surface area contributed by atoms with Crippen molar-refractivity contribution in [3.8, 4) is 0 Å². The highest BCUT2D eigenvalue weighted by Gasteiger charge is 2.33. The van der Waals surface area contributed by atoms with E-state index in [-0.39, 0.29) is 11.4 Å². The standard InChI is InChI=1S/C9H15N3O/c1-9(5-3-2-4-6-9)7-11-12-8(10)13-7/h2-6H2,1H3,(H2,10,12). The summed E-state index contributed by atoms with van der Waals surface area (Å²) < 4.78 is 5.28. The molecule has 1 aromatic rings. The van der Waals surface area contributed by atoms with Gasteiger partial charge in [-0.25, -0.2) is 0 Å². The average Bonchev–Trinajstić information content (AvgIpc) is 2.54. The van der Waals surface area contributed by atoms with E-state index in [1.54, 1.807) is 0 Å². The van der Waals surface area contributed by atoms with Gasteiger partial charge >= 0.3 is 6.01 Å². The Morgan fingerprint density at radius 3 is 2.46 bits per heavy atom. The monoisotopic (exact) mass is 181 g/mol. The van der Waals surface area contributed by atoms with Crippen molar-refractivity contribution in [2.75, 3.05) is 5.73 Å². The van der Waals surface area contributed by atoms with Crippen molar-refractivity contribution < 1.29 is 4.42 Å². The van der Waals surface area contributed by atoms with Crippen molar-refractivity contribution in [2.24, 2.45) is 0 Å². The summed E-state index contributed by atoms with van der Waals surface area (Å²) in [6, 6.07) is 0.182. The number of hydrogen-bond acceptors (Lipinski definition) is 4. The molecule has 0 aliphatic heterocycles. The summed E-state index contributed by atoms with van der Waals surface area (Å²) in [5.74, 6) is 0.713. The summed E-state index contributed by atoms with van der Waals surface area (Å²) in [7, 11) is 0. The summed E-state index contributed by atoms with van der Waals surface area (Å²) in [6.45, 7) is 2.18. The second kappa shape index (κ2) is 3.01. The smallest absolute Gasteiger partial charge is 0.312 e. The third kappa shape index (κ3) is 1.53. The minimum absolute atomic E-state index is 0.0723. The maximum Gasteiger partial charge on any atom is 0.312 e. The predicted molar refractivity (Wildman–Crippen MR) is 49.1 cm³/mol. The second-order valence-corrected chi connectivity index (χ2v) is 4.07. The van der Waals surface area contributed by atoms with E-state index in [0.717, 1.165) is 12.8 Å². The van der Waals surface area contributed by atoms with Gasteiger partial charge in [-0.2, -0.15) is 0 Å². The van der Waals surface area contributed by atoms with Crippen LogP contribution in [-0.2, 0) is 5.41 Å². The Labute approximate surface area is 77.5 Å². The van der Waals surface area contributed by atoms with Crippen LogP contribution in [0.2, 0.25) is 0 Å². The predicted octanol–water partition coefficient (Wildman–Crippen LogP) is 1.87. The zero-order chi connectivity index (χ0) is 9.31. The normalized spacial score (nSPS) is 21.6. The lowest BCUT2D eigenvalue weighted by Gasteiger charge is -2.29. The molecule has 1 aliphatic rings. The molecule has 0 spiro atoms. The van der Waals surface area contributed by atoms with Gasteiger partial charge in [0.25, 0.3) is 0 Å². The summed E-state index contributed by atoms with van der Waals surface area (Å²) >= 11 is 0. The summed E-state index contributed by atoms with van der Waals surface area (Å²) in [4.78, 5) is 0. The van der Waals surface area contributed by atoms with Crippen molar-refractivity contribution in [1.82, 2.24) is 10.2 Å². The number of nitrogens with zero attached hydrogens (tertiary/aromatic N) is 2. The zero-order valence-electron chi connectivity index (χ0n) is 7.92. The van der Waals surface area contributed by atoms with Crippen LogP contribution in [-0.4, -0.2) is 10.2 Å². The van der Waals surface area contributed by atoms with Gasteiger partial charge in [-0.15, -0.1) is 5.10 Å².